The van der Waals surface area contributed by atoms with E-state index in [0.717, 1.165) is 0 Å². The quantitative estimate of drug-likeness (QED) is 0.257. The summed E-state index contributed by atoms with van der Waals surface area (Å²) in [4.78, 5) is 24.2. The molecule has 1 fully saturated rings. The molecule has 1 aromatic carbocycles. The van der Waals surface area contributed by atoms with Crippen molar-refractivity contribution in [1.29, 1.82) is 0 Å². The molecule has 34 heavy (non-hydrogen) atoms. The summed E-state index contributed by atoms with van der Waals surface area (Å²) in [6, 6.07) is 5.37. The van der Waals surface area contributed by atoms with E-state index in [4.69, 9.17) is 18.8 Å². The molecule has 12 heteroatoms. The molecule has 0 aromatic heterocycles. The van der Waals surface area contributed by atoms with Crippen molar-refractivity contribution in [2.45, 2.75) is 71.7 Å². The Morgan fingerprint density at radius 1 is 1.21 bits per heavy atom. The highest BCUT2D eigenvalue weighted by Gasteiger charge is 2.34. The van der Waals surface area contributed by atoms with Crippen molar-refractivity contribution in [3.63, 3.8) is 0 Å². The Morgan fingerprint density at radius 2 is 1.91 bits per heavy atom. The number of rotatable bonds is 11. The molecule has 4 N–H and O–H groups in total. The van der Waals surface area contributed by atoms with Crippen LogP contribution in [0.25, 0.3) is 0 Å². The average molecular weight is 503 g/mol. The van der Waals surface area contributed by atoms with Gasteiger partial charge in [0.1, 0.15) is 18.5 Å². The molecular formula is C22H34N2O9S. The number of carbonyl (C=O) groups excluding carboxylic acids is 2. The lowest BCUT2D eigenvalue weighted by atomic mass is 10.0. The third-order valence-electron chi connectivity index (χ3n) is 4.82. The lowest BCUT2D eigenvalue weighted by molar-refractivity contribution is -0.184. The number of ether oxygens (including phenoxy) is 3. The maximum absolute atomic E-state index is 12.4. The molecule has 0 aliphatic carbocycles. The maximum Gasteiger partial charge on any atom is 0.308 e. The zero-order valence-corrected chi connectivity index (χ0v) is 20.6. The van der Waals surface area contributed by atoms with E-state index >= 15 is 0 Å². The number of amides is 1. The van der Waals surface area contributed by atoms with E-state index in [0.29, 0.717) is 17.0 Å². The Labute approximate surface area is 199 Å². The topological polar surface area (TPSA) is 160 Å². The SMILES string of the molecule is CC(C)Nc1ccc(COC(=O)C(C)C)cc1OC1CC(O)CC(C(=O)NCCS(=O)(=O)O)O1. The molecule has 1 amide bonds. The molecule has 1 aliphatic heterocycles. The van der Waals surface area contributed by atoms with Crippen molar-refractivity contribution in [3.8, 4) is 5.75 Å². The van der Waals surface area contributed by atoms with Crippen molar-refractivity contribution >= 4 is 27.7 Å². The fourth-order valence-electron chi connectivity index (χ4n) is 3.17. The number of nitrogens with one attached hydrogen (secondary N) is 2. The van der Waals surface area contributed by atoms with Crippen LogP contribution >= 0.6 is 0 Å². The Hall–Kier alpha value is -2.41. The van der Waals surface area contributed by atoms with E-state index in [-0.39, 0.29) is 43.9 Å². The first-order valence-electron chi connectivity index (χ1n) is 11.1. The third-order valence-corrected chi connectivity index (χ3v) is 5.54. The van der Waals surface area contributed by atoms with E-state index in [1.807, 2.05) is 13.8 Å². The Morgan fingerprint density at radius 3 is 2.53 bits per heavy atom. The predicted octanol–water partition coefficient (Wildman–Crippen LogP) is 1.45. The number of esters is 1. The second kappa shape index (κ2) is 12.3. The Kier molecular flexibility index (Phi) is 10.1. The van der Waals surface area contributed by atoms with E-state index in [1.165, 1.54) is 0 Å². The second-order valence-electron chi connectivity index (χ2n) is 8.77. The molecule has 0 saturated carbocycles. The fourth-order valence-corrected chi connectivity index (χ4v) is 3.53. The molecule has 1 heterocycles. The van der Waals surface area contributed by atoms with Crippen molar-refractivity contribution < 1.29 is 41.9 Å². The lowest BCUT2D eigenvalue weighted by Crippen LogP contribution is -2.47. The van der Waals surface area contributed by atoms with Gasteiger partial charge in [0, 0.05) is 25.4 Å². The zero-order valence-electron chi connectivity index (χ0n) is 19.8. The van der Waals surface area contributed by atoms with Crippen LogP contribution in [0.5, 0.6) is 5.75 Å². The van der Waals surface area contributed by atoms with Gasteiger partial charge in [0.25, 0.3) is 10.1 Å². The monoisotopic (exact) mass is 502 g/mol. The van der Waals surface area contributed by atoms with Gasteiger partial charge in [-0.25, -0.2) is 0 Å². The van der Waals surface area contributed by atoms with Gasteiger partial charge >= 0.3 is 5.97 Å². The van der Waals surface area contributed by atoms with Gasteiger partial charge in [-0.3, -0.25) is 14.1 Å². The van der Waals surface area contributed by atoms with Crippen molar-refractivity contribution in [2.24, 2.45) is 5.92 Å². The van der Waals surface area contributed by atoms with Crippen LogP contribution in [0.1, 0.15) is 46.1 Å². The number of hydrogen-bond donors (Lipinski definition) is 4. The van der Waals surface area contributed by atoms with Gasteiger partial charge in [0.2, 0.25) is 12.2 Å². The first-order valence-corrected chi connectivity index (χ1v) is 12.7. The summed E-state index contributed by atoms with van der Waals surface area (Å²) in [7, 11) is -4.21. The molecule has 0 spiro atoms. The summed E-state index contributed by atoms with van der Waals surface area (Å²) in [5.41, 5.74) is 1.35. The summed E-state index contributed by atoms with van der Waals surface area (Å²) >= 11 is 0. The van der Waals surface area contributed by atoms with E-state index in [1.54, 1.807) is 32.0 Å². The normalized spacial score (nSPS) is 20.8. The molecule has 1 aromatic rings. The number of carbonyl (C=O) groups is 2. The maximum atomic E-state index is 12.4. The Bertz CT molecular complexity index is 950. The van der Waals surface area contributed by atoms with Crippen LogP contribution in [0, 0.1) is 5.92 Å². The number of aliphatic hydroxyl groups is 1. The molecule has 11 nitrogen and oxygen atoms in total. The van der Waals surface area contributed by atoms with Crippen LogP contribution in [-0.4, -0.2) is 66.8 Å². The fraction of sp³-hybridized carbons (Fsp3) is 0.636. The third kappa shape index (κ3) is 9.45. The van der Waals surface area contributed by atoms with Gasteiger partial charge < -0.3 is 30.0 Å². The standard InChI is InChI=1S/C22H34N2O9S/c1-13(2)22(27)31-12-15-5-6-17(24-14(3)4)18(9-15)32-20-11-16(25)10-19(33-20)21(26)23-7-8-34(28,29)30/h5-6,9,13-14,16,19-20,24-25H,7-8,10-12H2,1-4H3,(H,23,26)(H,28,29,30). The average Bonchev–Trinajstić information content (AvgIpc) is 2.71. The van der Waals surface area contributed by atoms with E-state index in [2.05, 4.69) is 10.6 Å². The second-order valence-corrected chi connectivity index (χ2v) is 10.3. The summed E-state index contributed by atoms with van der Waals surface area (Å²) in [5, 5.41) is 15.9. The highest BCUT2D eigenvalue weighted by molar-refractivity contribution is 7.85. The van der Waals surface area contributed by atoms with Crippen molar-refractivity contribution in [1.82, 2.24) is 5.32 Å². The molecule has 1 saturated heterocycles. The van der Waals surface area contributed by atoms with Gasteiger partial charge in [-0.2, -0.15) is 8.42 Å². The van der Waals surface area contributed by atoms with Crippen molar-refractivity contribution in [3.05, 3.63) is 23.8 Å². The highest BCUT2D eigenvalue weighted by Crippen LogP contribution is 2.31. The zero-order chi connectivity index (χ0) is 25.5. The largest absolute Gasteiger partial charge is 0.463 e. The predicted molar refractivity (Wildman–Crippen MR) is 124 cm³/mol. The molecule has 0 radical (unpaired) electrons. The number of hydrogen-bond acceptors (Lipinski definition) is 9. The molecule has 3 unspecified atom stereocenters. The van der Waals surface area contributed by atoms with Gasteiger partial charge in [0.15, 0.2) is 0 Å². The molecule has 1 aliphatic rings. The van der Waals surface area contributed by atoms with Crippen LogP contribution < -0.4 is 15.4 Å². The van der Waals surface area contributed by atoms with E-state index in [9.17, 15) is 23.1 Å². The van der Waals surface area contributed by atoms with Gasteiger partial charge in [-0.15, -0.1) is 0 Å². The van der Waals surface area contributed by atoms with Crippen LogP contribution in [0.4, 0.5) is 5.69 Å². The first-order chi connectivity index (χ1) is 15.8. The number of aliphatic hydroxyl groups excluding tert-OH is 1. The van der Waals surface area contributed by atoms with Crippen LogP contribution in [-0.2, 0) is 35.8 Å². The summed E-state index contributed by atoms with van der Waals surface area (Å²) in [6.07, 6.45) is -2.77. The molecular weight excluding hydrogens is 468 g/mol. The molecule has 2 rings (SSSR count). The number of benzene rings is 1. The minimum Gasteiger partial charge on any atom is -0.463 e. The van der Waals surface area contributed by atoms with Gasteiger partial charge in [0.05, 0.1) is 23.5 Å². The Balaban J connectivity index is 2.11. The van der Waals surface area contributed by atoms with Gasteiger partial charge in [-0.05, 0) is 31.5 Å². The lowest BCUT2D eigenvalue weighted by Gasteiger charge is -2.33. The van der Waals surface area contributed by atoms with Crippen LogP contribution in [0.3, 0.4) is 0 Å². The van der Waals surface area contributed by atoms with Crippen LogP contribution in [0.15, 0.2) is 18.2 Å². The van der Waals surface area contributed by atoms with Gasteiger partial charge in [-0.1, -0.05) is 19.9 Å². The molecule has 0 bridgehead atoms. The van der Waals surface area contributed by atoms with Crippen molar-refractivity contribution in [2.75, 3.05) is 17.6 Å². The molecule has 3 atom stereocenters. The van der Waals surface area contributed by atoms with E-state index < -0.39 is 40.3 Å². The minimum atomic E-state index is -4.21. The summed E-state index contributed by atoms with van der Waals surface area (Å²) < 4.78 is 47.4. The highest BCUT2D eigenvalue weighted by atomic mass is 32.2. The smallest absolute Gasteiger partial charge is 0.308 e. The molecule has 192 valence electrons. The summed E-state index contributed by atoms with van der Waals surface area (Å²) in [5.74, 6) is -1.43. The minimum absolute atomic E-state index is 0.0138. The number of anilines is 1. The first kappa shape index (κ1) is 27.8. The summed E-state index contributed by atoms with van der Waals surface area (Å²) in [6.45, 7) is 7.16. The van der Waals surface area contributed by atoms with Crippen LogP contribution in [0.2, 0.25) is 0 Å².